The zero-order valence-electron chi connectivity index (χ0n) is 9.46. The predicted octanol–water partition coefficient (Wildman–Crippen LogP) is 2.33. The van der Waals surface area contributed by atoms with Crippen molar-refractivity contribution < 1.29 is 0 Å². The maximum Gasteiger partial charge on any atom is 0.169 e. The SMILES string of the molecule is Nc1ccc2nc(CCSc3ncns3)[nH]c2c1. The Morgan fingerprint density at radius 1 is 1.39 bits per heavy atom. The molecule has 0 fully saturated rings. The zero-order chi connectivity index (χ0) is 12.4. The summed E-state index contributed by atoms with van der Waals surface area (Å²) < 4.78 is 4.96. The number of benzene rings is 1. The van der Waals surface area contributed by atoms with Gasteiger partial charge in [-0.3, -0.25) is 0 Å². The second kappa shape index (κ2) is 4.95. The minimum Gasteiger partial charge on any atom is -0.399 e. The van der Waals surface area contributed by atoms with Gasteiger partial charge in [-0.05, 0) is 29.7 Å². The molecule has 3 rings (SSSR count). The number of nitrogen functional groups attached to an aromatic ring is 1. The second-order valence-corrected chi connectivity index (χ2v) is 5.89. The van der Waals surface area contributed by atoms with E-state index < -0.39 is 0 Å². The number of anilines is 1. The number of H-pyrrole nitrogens is 1. The Kier molecular flexibility index (Phi) is 3.16. The largest absolute Gasteiger partial charge is 0.399 e. The van der Waals surface area contributed by atoms with Crippen molar-refractivity contribution in [3.8, 4) is 0 Å². The lowest BCUT2D eigenvalue weighted by Gasteiger charge is -1.94. The summed E-state index contributed by atoms with van der Waals surface area (Å²) in [6.07, 6.45) is 2.45. The topological polar surface area (TPSA) is 80.5 Å². The van der Waals surface area contributed by atoms with E-state index in [0.29, 0.717) is 0 Å². The van der Waals surface area contributed by atoms with Gasteiger partial charge in [0.1, 0.15) is 12.2 Å². The first-order valence-electron chi connectivity index (χ1n) is 5.45. The monoisotopic (exact) mass is 277 g/mol. The Balaban J connectivity index is 1.67. The number of nitrogens with zero attached hydrogens (tertiary/aromatic N) is 3. The van der Waals surface area contributed by atoms with E-state index >= 15 is 0 Å². The Bertz CT molecular complexity index is 647. The lowest BCUT2D eigenvalue weighted by Crippen LogP contribution is -1.90. The fourth-order valence-corrected chi connectivity index (χ4v) is 3.12. The number of aromatic nitrogens is 4. The summed E-state index contributed by atoms with van der Waals surface area (Å²) in [4.78, 5) is 11.9. The summed E-state index contributed by atoms with van der Waals surface area (Å²) in [5.41, 5.74) is 8.43. The highest BCUT2D eigenvalue weighted by atomic mass is 32.2. The third-order valence-corrected chi connectivity index (χ3v) is 4.26. The van der Waals surface area contributed by atoms with E-state index in [1.807, 2.05) is 18.2 Å². The Hall–Kier alpha value is -1.60. The number of nitrogens with two attached hydrogens (primary N) is 1. The summed E-state index contributed by atoms with van der Waals surface area (Å²) in [5, 5.41) is 0. The summed E-state index contributed by atoms with van der Waals surface area (Å²) in [6.45, 7) is 0. The first kappa shape index (κ1) is 11.5. The van der Waals surface area contributed by atoms with Crippen LogP contribution in [-0.4, -0.2) is 25.1 Å². The fraction of sp³-hybridized carbons (Fsp3) is 0.182. The van der Waals surface area contributed by atoms with Crippen molar-refractivity contribution in [2.75, 3.05) is 11.5 Å². The highest BCUT2D eigenvalue weighted by molar-refractivity contribution is 8.00. The van der Waals surface area contributed by atoms with Crippen LogP contribution in [0.4, 0.5) is 5.69 Å². The van der Waals surface area contributed by atoms with Crippen LogP contribution in [0.15, 0.2) is 28.9 Å². The molecular formula is C11H11N5S2. The molecule has 0 aliphatic rings. The van der Waals surface area contributed by atoms with Gasteiger partial charge in [-0.15, -0.1) is 0 Å². The molecule has 0 saturated heterocycles. The van der Waals surface area contributed by atoms with Crippen molar-refractivity contribution in [1.82, 2.24) is 19.3 Å². The van der Waals surface area contributed by atoms with Gasteiger partial charge in [0.05, 0.1) is 11.0 Å². The molecule has 5 nitrogen and oxygen atoms in total. The maximum atomic E-state index is 5.73. The fourth-order valence-electron chi connectivity index (χ4n) is 1.66. The Morgan fingerprint density at radius 2 is 2.33 bits per heavy atom. The van der Waals surface area contributed by atoms with Gasteiger partial charge in [-0.25, -0.2) is 9.97 Å². The zero-order valence-corrected chi connectivity index (χ0v) is 11.1. The predicted molar refractivity (Wildman–Crippen MR) is 74.8 cm³/mol. The van der Waals surface area contributed by atoms with Gasteiger partial charge in [-0.1, -0.05) is 11.8 Å². The van der Waals surface area contributed by atoms with Gasteiger partial charge in [0.2, 0.25) is 0 Å². The standard InChI is InChI=1S/C11H11N5S2/c12-7-1-2-8-9(5-7)16-10(15-8)3-4-17-11-13-6-14-18-11/h1-2,5-6H,3-4,12H2,(H,15,16). The van der Waals surface area contributed by atoms with Gasteiger partial charge < -0.3 is 10.7 Å². The van der Waals surface area contributed by atoms with E-state index in [2.05, 4.69) is 19.3 Å². The number of thioether (sulfide) groups is 1. The van der Waals surface area contributed by atoms with Crippen molar-refractivity contribution in [2.24, 2.45) is 0 Å². The van der Waals surface area contributed by atoms with Crippen molar-refractivity contribution in [1.29, 1.82) is 0 Å². The Morgan fingerprint density at radius 3 is 3.17 bits per heavy atom. The van der Waals surface area contributed by atoms with Crippen molar-refractivity contribution >= 4 is 40.0 Å². The van der Waals surface area contributed by atoms with Crippen LogP contribution in [0.1, 0.15) is 5.82 Å². The third kappa shape index (κ3) is 2.46. The second-order valence-electron chi connectivity index (χ2n) is 3.77. The lowest BCUT2D eigenvalue weighted by molar-refractivity contribution is 1.01. The average Bonchev–Trinajstić information content (AvgIpc) is 2.97. The number of aromatic amines is 1. The quantitative estimate of drug-likeness (QED) is 0.565. The van der Waals surface area contributed by atoms with Crippen molar-refractivity contribution in [3.05, 3.63) is 30.4 Å². The molecule has 7 heteroatoms. The minimum atomic E-state index is 0.751. The number of hydrogen-bond donors (Lipinski definition) is 2. The molecule has 2 aromatic heterocycles. The number of imidazole rings is 1. The molecule has 0 radical (unpaired) electrons. The van der Waals surface area contributed by atoms with Gasteiger partial charge in [-0.2, -0.15) is 4.37 Å². The van der Waals surface area contributed by atoms with Crippen LogP contribution in [0.25, 0.3) is 11.0 Å². The average molecular weight is 277 g/mol. The normalized spacial score (nSPS) is 11.1. The first-order valence-corrected chi connectivity index (χ1v) is 7.21. The number of hydrogen-bond acceptors (Lipinski definition) is 6. The van der Waals surface area contributed by atoms with Crippen LogP contribution in [0, 0.1) is 0 Å². The molecule has 92 valence electrons. The van der Waals surface area contributed by atoms with E-state index in [1.165, 1.54) is 11.5 Å². The first-order chi connectivity index (χ1) is 8.81. The van der Waals surface area contributed by atoms with Gasteiger partial charge in [0, 0.05) is 17.9 Å². The van der Waals surface area contributed by atoms with Crippen LogP contribution < -0.4 is 5.73 Å². The molecule has 3 N–H and O–H groups in total. The van der Waals surface area contributed by atoms with Crippen LogP contribution >= 0.6 is 23.3 Å². The molecular weight excluding hydrogens is 266 g/mol. The summed E-state index contributed by atoms with van der Waals surface area (Å²) in [6, 6.07) is 5.70. The highest BCUT2D eigenvalue weighted by Crippen LogP contribution is 2.20. The summed E-state index contributed by atoms with van der Waals surface area (Å²) in [5.74, 6) is 1.91. The molecule has 0 saturated carbocycles. The molecule has 0 aliphatic carbocycles. The van der Waals surface area contributed by atoms with Gasteiger partial charge in [0.15, 0.2) is 4.34 Å². The molecule has 0 atom stereocenters. The number of rotatable bonds is 4. The van der Waals surface area contributed by atoms with E-state index in [0.717, 1.165) is 39.1 Å². The molecule has 2 heterocycles. The third-order valence-electron chi connectivity index (χ3n) is 2.46. The van der Waals surface area contributed by atoms with Gasteiger partial charge in [0.25, 0.3) is 0 Å². The van der Waals surface area contributed by atoms with E-state index in [4.69, 9.17) is 5.73 Å². The van der Waals surface area contributed by atoms with Gasteiger partial charge >= 0.3 is 0 Å². The van der Waals surface area contributed by atoms with Crippen LogP contribution in [0.3, 0.4) is 0 Å². The van der Waals surface area contributed by atoms with Crippen LogP contribution in [0.5, 0.6) is 0 Å². The highest BCUT2D eigenvalue weighted by Gasteiger charge is 2.04. The van der Waals surface area contributed by atoms with E-state index in [9.17, 15) is 0 Å². The summed E-state index contributed by atoms with van der Waals surface area (Å²) in [7, 11) is 0. The number of aryl methyl sites for hydroxylation is 1. The van der Waals surface area contributed by atoms with Crippen molar-refractivity contribution in [3.63, 3.8) is 0 Å². The number of fused-ring (bicyclic) bond motifs is 1. The molecule has 0 unspecified atom stereocenters. The lowest BCUT2D eigenvalue weighted by atomic mass is 10.3. The molecule has 0 amide bonds. The Labute approximate surface area is 112 Å². The molecule has 0 spiro atoms. The van der Waals surface area contributed by atoms with Crippen LogP contribution in [0.2, 0.25) is 0 Å². The van der Waals surface area contributed by atoms with Crippen molar-refractivity contribution in [2.45, 2.75) is 10.8 Å². The van der Waals surface area contributed by atoms with E-state index in [1.54, 1.807) is 18.1 Å². The molecule has 3 aromatic rings. The smallest absolute Gasteiger partial charge is 0.169 e. The van der Waals surface area contributed by atoms with Crippen LogP contribution in [-0.2, 0) is 6.42 Å². The summed E-state index contributed by atoms with van der Waals surface area (Å²) >= 11 is 3.11. The molecule has 1 aromatic carbocycles. The molecule has 0 bridgehead atoms. The maximum absolute atomic E-state index is 5.73. The molecule has 0 aliphatic heterocycles. The van der Waals surface area contributed by atoms with E-state index in [-0.39, 0.29) is 0 Å². The molecule has 18 heavy (non-hydrogen) atoms. The number of nitrogens with one attached hydrogen (secondary N) is 1. The minimum absolute atomic E-state index is 0.751.